The van der Waals surface area contributed by atoms with E-state index in [-0.39, 0.29) is 42.8 Å². The molecule has 0 radical (unpaired) electrons. The Kier molecular flexibility index (Phi) is 10.2. The smallest absolute Gasteiger partial charge is 0.382 e. The average molecular weight is 604 g/mol. The van der Waals surface area contributed by atoms with Crippen LogP contribution in [0.3, 0.4) is 0 Å². The van der Waals surface area contributed by atoms with E-state index in [0.29, 0.717) is 45.4 Å². The number of nitro groups is 1. The van der Waals surface area contributed by atoms with Crippen LogP contribution < -0.4 is 10.2 Å². The summed E-state index contributed by atoms with van der Waals surface area (Å²) in [7, 11) is 0. The molecule has 2 amide bonds. The number of likely N-dealkylation sites (tertiary alicyclic amines) is 1. The highest BCUT2D eigenvalue weighted by Gasteiger charge is 2.39. The molecular weight excluding hydrogens is 563 g/mol. The number of hydrogen-bond donors (Lipinski definition) is 1. The van der Waals surface area contributed by atoms with Crippen molar-refractivity contribution in [2.75, 3.05) is 49.5 Å². The van der Waals surface area contributed by atoms with E-state index >= 15 is 0 Å². The number of piperazine rings is 1. The van der Waals surface area contributed by atoms with Crippen LogP contribution in [0.2, 0.25) is 0 Å². The van der Waals surface area contributed by atoms with Crippen LogP contribution in [0.4, 0.5) is 30.2 Å². The molecule has 1 saturated carbocycles. The highest BCUT2D eigenvalue weighted by molar-refractivity contribution is 5.83. The number of anilines is 2. The Morgan fingerprint density at radius 2 is 1.42 bits per heavy atom. The van der Waals surface area contributed by atoms with Crippen LogP contribution in [0, 0.1) is 22.0 Å². The molecule has 234 valence electrons. The summed E-state index contributed by atoms with van der Waals surface area (Å²) in [6.45, 7) is 3.83. The minimum Gasteiger partial charge on any atom is -0.382 e. The van der Waals surface area contributed by atoms with Gasteiger partial charge in [-0.05, 0) is 56.4 Å². The number of nitro benzene ring substituents is 1. The van der Waals surface area contributed by atoms with Gasteiger partial charge in [0.05, 0.1) is 4.92 Å². The molecule has 0 aromatic heterocycles. The van der Waals surface area contributed by atoms with E-state index in [4.69, 9.17) is 0 Å². The van der Waals surface area contributed by atoms with Gasteiger partial charge in [0.1, 0.15) is 5.56 Å². The zero-order valence-corrected chi connectivity index (χ0v) is 23.4. The summed E-state index contributed by atoms with van der Waals surface area (Å²) in [5, 5.41) is 14.1. The highest BCUT2D eigenvalue weighted by Crippen LogP contribution is 2.38. The van der Waals surface area contributed by atoms with Crippen molar-refractivity contribution in [3.05, 3.63) is 64.2 Å². The van der Waals surface area contributed by atoms with Crippen molar-refractivity contribution < 1.29 is 27.7 Å². The van der Waals surface area contributed by atoms with Gasteiger partial charge in [0.15, 0.2) is 0 Å². The van der Waals surface area contributed by atoms with Crippen molar-refractivity contribution in [2.45, 2.75) is 58.2 Å². The molecule has 0 bridgehead atoms. The number of halogens is 3. The van der Waals surface area contributed by atoms with E-state index in [1.165, 1.54) is 6.07 Å². The molecule has 2 atom stereocenters. The molecule has 43 heavy (non-hydrogen) atoms. The quantitative estimate of drug-likeness (QED) is 0.331. The molecule has 2 aliphatic heterocycles. The first-order valence-electron chi connectivity index (χ1n) is 14.6. The van der Waals surface area contributed by atoms with E-state index in [1.807, 2.05) is 28.0 Å². The standard InChI is InChI=1S/C30H36F3N5O4.CH4/c31-30(32,33)26-20-24(9-10-27(26)38(41)42)34-23-11-13-36(14-12-23)28(39)21-5-4-6-22(19-21)29(40)37-17-15-35(16-18-37)25-7-2-1-3-8-25;/h1-3,7-10,20-23,34H,4-6,11-19H2;1H4/t21?,22-;/m0./s1. The number of piperidine rings is 1. The third kappa shape index (κ3) is 7.58. The summed E-state index contributed by atoms with van der Waals surface area (Å²) in [5.41, 5.74) is -0.946. The van der Waals surface area contributed by atoms with Crippen LogP contribution in [-0.2, 0) is 15.8 Å². The monoisotopic (exact) mass is 603 g/mol. The lowest BCUT2D eigenvalue weighted by molar-refractivity contribution is -0.388. The molecule has 9 nitrogen and oxygen atoms in total. The number of benzene rings is 2. The SMILES string of the molecule is C.O=C(C1CCC[C@H](C(=O)N2CCN(c3ccccc3)CC2)C1)N1CCC(Nc2ccc([N+](=O)[O-])c(C(F)(F)F)c2)CC1. The topological polar surface area (TPSA) is 99.0 Å². The molecular formula is C31H40F3N5O4. The number of alkyl halides is 3. The average Bonchev–Trinajstić information content (AvgIpc) is 3.01. The number of amides is 2. The summed E-state index contributed by atoms with van der Waals surface area (Å²) in [4.78, 5) is 42.8. The Bertz CT molecular complexity index is 1280. The zero-order valence-electron chi connectivity index (χ0n) is 23.4. The van der Waals surface area contributed by atoms with Crippen LogP contribution in [0.5, 0.6) is 0 Å². The van der Waals surface area contributed by atoms with Gasteiger partial charge in [-0.15, -0.1) is 0 Å². The molecule has 2 saturated heterocycles. The van der Waals surface area contributed by atoms with E-state index in [2.05, 4.69) is 22.3 Å². The van der Waals surface area contributed by atoms with Crippen molar-refractivity contribution >= 4 is 28.9 Å². The van der Waals surface area contributed by atoms with Crippen molar-refractivity contribution in [1.82, 2.24) is 9.80 Å². The van der Waals surface area contributed by atoms with E-state index in [0.717, 1.165) is 50.2 Å². The third-order valence-corrected chi connectivity index (χ3v) is 8.76. The van der Waals surface area contributed by atoms with Crippen LogP contribution in [0.15, 0.2) is 48.5 Å². The molecule has 2 heterocycles. The Morgan fingerprint density at radius 1 is 0.837 bits per heavy atom. The molecule has 3 fully saturated rings. The number of hydrogen-bond acceptors (Lipinski definition) is 6. The van der Waals surface area contributed by atoms with E-state index in [9.17, 15) is 32.9 Å². The van der Waals surface area contributed by atoms with Gasteiger partial charge < -0.3 is 20.0 Å². The normalized spacial score (nSPS) is 21.6. The van der Waals surface area contributed by atoms with Crippen molar-refractivity contribution in [3.8, 4) is 0 Å². The van der Waals surface area contributed by atoms with Gasteiger partial charge in [0.2, 0.25) is 11.8 Å². The second kappa shape index (κ2) is 13.6. The number of carbonyl (C=O) groups is 2. The lowest BCUT2D eigenvalue weighted by Gasteiger charge is -2.40. The van der Waals surface area contributed by atoms with Crippen molar-refractivity contribution in [3.63, 3.8) is 0 Å². The first-order valence-corrected chi connectivity index (χ1v) is 14.6. The summed E-state index contributed by atoms with van der Waals surface area (Å²) in [6, 6.07) is 12.9. The van der Waals surface area contributed by atoms with Gasteiger partial charge >= 0.3 is 6.18 Å². The van der Waals surface area contributed by atoms with Gasteiger partial charge in [0.25, 0.3) is 5.69 Å². The molecule has 1 aliphatic carbocycles. The predicted molar refractivity (Wildman–Crippen MR) is 159 cm³/mol. The first-order chi connectivity index (χ1) is 20.1. The van der Waals surface area contributed by atoms with Gasteiger partial charge in [-0.3, -0.25) is 19.7 Å². The number of rotatable bonds is 6. The summed E-state index contributed by atoms with van der Waals surface area (Å²) in [6.07, 6.45) is -0.816. The lowest BCUT2D eigenvalue weighted by atomic mass is 9.79. The number of nitrogens with zero attached hydrogens (tertiary/aromatic N) is 4. The molecule has 3 aliphatic rings. The molecule has 2 aromatic carbocycles. The van der Waals surface area contributed by atoms with Crippen LogP contribution in [0.1, 0.15) is 51.5 Å². The molecule has 1 N–H and O–H groups in total. The number of carbonyl (C=O) groups excluding carboxylic acids is 2. The second-order valence-corrected chi connectivity index (χ2v) is 11.4. The number of nitrogens with one attached hydrogen (secondary N) is 1. The van der Waals surface area contributed by atoms with Gasteiger partial charge in [0, 0.05) is 74.6 Å². The maximum Gasteiger partial charge on any atom is 0.423 e. The molecule has 1 unspecified atom stereocenters. The second-order valence-electron chi connectivity index (χ2n) is 11.4. The minimum atomic E-state index is -4.84. The lowest BCUT2D eigenvalue weighted by Crippen LogP contribution is -2.51. The fraction of sp³-hybridized carbons (Fsp3) is 0.548. The Morgan fingerprint density at radius 3 is 1.98 bits per heavy atom. The fourth-order valence-corrected chi connectivity index (χ4v) is 6.47. The fourth-order valence-electron chi connectivity index (χ4n) is 6.47. The molecule has 0 spiro atoms. The Hall–Kier alpha value is -3.83. The van der Waals surface area contributed by atoms with Gasteiger partial charge in [-0.1, -0.05) is 32.0 Å². The maximum atomic E-state index is 13.4. The summed E-state index contributed by atoms with van der Waals surface area (Å²) in [5.74, 6) is -0.161. The van der Waals surface area contributed by atoms with Crippen LogP contribution >= 0.6 is 0 Å². The summed E-state index contributed by atoms with van der Waals surface area (Å²) >= 11 is 0. The first kappa shape index (κ1) is 32.1. The van der Waals surface area contributed by atoms with Crippen LogP contribution in [-0.4, -0.2) is 71.8 Å². The summed E-state index contributed by atoms with van der Waals surface area (Å²) < 4.78 is 40.0. The minimum absolute atomic E-state index is 0. The van der Waals surface area contributed by atoms with E-state index in [1.54, 1.807) is 0 Å². The maximum absolute atomic E-state index is 13.4. The van der Waals surface area contributed by atoms with Gasteiger partial charge in [-0.2, -0.15) is 13.2 Å². The Balaban J connectivity index is 0.00000423. The molecule has 5 rings (SSSR count). The predicted octanol–water partition coefficient (Wildman–Crippen LogP) is 5.81. The highest BCUT2D eigenvalue weighted by atomic mass is 19.4. The van der Waals surface area contributed by atoms with Crippen molar-refractivity contribution in [2.24, 2.45) is 11.8 Å². The van der Waals surface area contributed by atoms with E-state index < -0.39 is 22.4 Å². The largest absolute Gasteiger partial charge is 0.423 e. The molecule has 12 heteroatoms. The Labute approximate surface area is 250 Å². The zero-order chi connectivity index (χ0) is 29.9. The van der Waals surface area contributed by atoms with Crippen LogP contribution in [0.25, 0.3) is 0 Å². The number of para-hydroxylation sites is 1. The molecule has 2 aromatic rings. The van der Waals surface area contributed by atoms with Crippen molar-refractivity contribution in [1.29, 1.82) is 0 Å². The van der Waals surface area contributed by atoms with Gasteiger partial charge in [-0.25, -0.2) is 0 Å². The third-order valence-electron chi connectivity index (χ3n) is 8.76.